The molecule has 0 aliphatic carbocycles. The van der Waals surface area contributed by atoms with E-state index in [4.69, 9.17) is 0 Å². The van der Waals surface area contributed by atoms with Crippen LogP contribution in [0.1, 0.15) is 0 Å². The van der Waals surface area contributed by atoms with Crippen LogP contribution in [0.25, 0.3) is 43.6 Å². The normalized spacial score (nSPS) is 11.3. The van der Waals surface area contributed by atoms with Crippen molar-refractivity contribution in [3.05, 3.63) is 91.1 Å². The van der Waals surface area contributed by atoms with E-state index in [0.29, 0.717) is 0 Å². The molecule has 0 saturated carbocycles. The fourth-order valence-electron chi connectivity index (χ4n) is 3.59. The second-order valence-electron chi connectivity index (χ2n) is 6.07. The number of fused-ring (bicyclic) bond motifs is 4. The van der Waals surface area contributed by atoms with Gasteiger partial charge in [-0.1, -0.05) is 78.9 Å². The Morgan fingerprint density at radius 3 is 2.08 bits per heavy atom. The maximum atomic E-state index is 4.68. The Bertz CT molecular complexity index is 1200. The Morgan fingerprint density at radius 2 is 1.17 bits per heavy atom. The van der Waals surface area contributed by atoms with Gasteiger partial charge in [-0.05, 0) is 33.4 Å². The zero-order valence-corrected chi connectivity index (χ0v) is 13.1. The predicted octanol–water partition coefficient (Wildman–Crippen LogP) is 6.21. The van der Waals surface area contributed by atoms with Crippen molar-refractivity contribution >= 4 is 32.4 Å². The zero-order valence-electron chi connectivity index (χ0n) is 13.1. The first-order chi connectivity index (χ1) is 11.9. The zero-order chi connectivity index (χ0) is 15.9. The van der Waals surface area contributed by atoms with Gasteiger partial charge >= 0.3 is 0 Å². The van der Waals surface area contributed by atoms with Crippen LogP contribution in [-0.2, 0) is 0 Å². The summed E-state index contributed by atoms with van der Waals surface area (Å²) in [5.74, 6) is 0. The van der Waals surface area contributed by atoms with Gasteiger partial charge in [-0.25, -0.2) is 0 Å². The lowest BCUT2D eigenvalue weighted by Crippen LogP contribution is -1.87. The first-order valence-corrected chi connectivity index (χ1v) is 8.16. The third kappa shape index (κ3) is 1.92. The summed E-state index contributed by atoms with van der Waals surface area (Å²) in [6.07, 6.45) is 1.96. The number of aromatic nitrogens is 1. The Labute approximate surface area is 140 Å². The molecule has 4 aromatic carbocycles. The molecule has 0 unspecified atom stereocenters. The highest BCUT2D eigenvalue weighted by molar-refractivity contribution is 6.15. The molecule has 0 N–H and O–H groups in total. The SMILES string of the molecule is c1ccc2c(-c3cccc4ncc5ccccc5c34)cccc2c1. The quantitative estimate of drug-likeness (QED) is 0.336. The van der Waals surface area contributed by atoms with E-state index in [-0.39, 0.29) is 0 Å². The van der Waals surface area contributed by atoms with Crippen LogP contribution < -0.4 is 0 Å². The molecule has 112 valence electrons. The molecule has 0 amide bonds. The molecule has 5 rings (SSSR count). The van der Waals surface area contributed by atoms with Crippen molar-refractivity contribution in [1.82, 2.24) is 4.98 Å². The lowest BCUT2D eigenvalue weighted by Gasteiger charge is -2.12. The van der Waals surface area contributed by atoms with Gasteiger partial charge in [-0.3, -0.25) is 4.98 Å². The van der Waals surface area contributed by atoms with E-state index in [2.05, 4.69) is 89.9 Å². The Hall–Kier alpha value is -3.19. The van der Waals surface area contributed by atoms with Crippen molar-refractivity contribution in [2.45, 2.75) is 0 Å². The Kier molecular flexibility index (Phi) is 2.86. The van der Waals surface area contributed by atoms with Crippen molar-refractivity contribution in [3.63, 3.8) is 0 Å². The van der Waals surface area contributed by atoms with Crippen LogP contribution in [0.15, 0.2) is 91.1 Å². The van der Waals surface area contributed by atoms with E-state index in [0.717, 1.165) is 5.52 Å². The molecule has 0 spiro atoms. The molecule has 0 bridgehead atoms. The molecule has 1 heteroatoms. The van der Waals surface area contributed by atoms with E-state index in [1.807, 2.05) is 6.20 Å². The number of hydrogen-bond acceptors (Lipinski definition) is 1. The highest BCUT2D eigenvalue weighted by Crippen LogP contribution is 2.36. The molecule has 24 heavy (non-hydrogen) atoms. The van der Waals surface area contributed by atoms with Crippen LogP contribution in [0.2, 0.25) is 0 Å². The average Bonchev–Trinajstić information content (AvgIpc) is 2.67. The van der Waals surface area contributed by atoms with Crippen LogP contribution >= 0.6 is 0 Å². The summed E-state index contributed by atoms with van der Waals surface area (Å²) in [5.41, 5.74) is 3.55. The summed E-state index contributed by atoms with van der Waals surface area (Å²) >= 11 is 0. The Morgan fingerprint density at radius 1 is 0.500 bits per heavy atom. The molecule has 0 fully saturated rings. The van der Waals surface area contributed by atoms with Gasteiger partial charge in [0.25, 0.3) is 0 Å². The van der Waals surface area contributed by atoms with Crippen LogP contribution in [0, 0.1) is 0 Å². The van der Waals surface area contributed by atoms with Crippen LogP contribution in [0.4, 0.5) is 0 Å². The molecule has 1 nitrogen and oxygen atoms in total. The van der Waals surface area contributed by atoms with E-state index in [9.17, 15) is 0 Å². The minimum atomic E-state index is 1.04. The van der Waals surface area contributed by atoms with Crippen LogP contribution in [0.3, 0.4) is 0 Å². The molecule has 0 aliphatic rings. The lowest BCUT2D eigenvalue weighted by atomic mass is 9.93. The molecule has 0 aliphatic heterocycles. The fourth-order valence-corrected chi connectivity index (χ4v) is 3.59. The number of nitrogens with zero attached hydrogens (tertiary/aromatic N) is 1. The second-order valence-corrected chi connectivity index (χ2v) is 6.07. The van der Waals surface area contributed by atoms with Gasteiger partial charge in [-0.15, -0.1) is 0 Å². The Balaban J connectivity index is 1.98. The highest BCUT2D eigenvalue weighted by Gasteiger charge is 2.10. The van der Waals surface area contributed by atoms with Crippen molar-refractivity contribution < 1.29 is 0 Å². The number of rotatable bonds is 1. The molecule has 0 radical (unpaired) electrons. The maximum absolute atomic E-state index is 4.68. The molecule has 1 heterocycles. The maximum Gasteiger partial charge on any atom is 0.0714 e. The van der Waals surface area contributed by atoms with Gasteiger partial charge in [0.1, 0.15) is 0 Å². The molecule has 0 saturated heterocycles. The van der Waals surface area contributed by atoms with Crippen LogP contribution in [0.5, 0.6) is 0 Å². The van der Waals surface area contributed by atoms with E-state index >= 15 is 0 Å². The van der Waals surface area contributed by atoms with E-state index in [1.54, 1.807) is 0 Å². The van der Waals surface area contributed by atoms with Crippen molar-refractivity contribution in [2.24, 2.45) is 0 Å². The fraction of sp³-hybridized carbons (Fsp3) is 0. The minimum absolute atomic E-state index is 1.04. The van der Waals surface area contributed by atoms with E-state index < -0.39 is 0 Å². The average molecular weight is 305 g/mol. The van der Waals surface area contributed by atoms with Gasteiger partial charge in [0.15, 0.2) is 0 Å². The largest absolute Gasteiger partial charge is 0.256 e. The third-order valence-electron chi connectivity index (χ3n) is 4.70. The smallest absolute Gasteiger partial charge is 0.0714 e. The van der Waals surface area contributed by atoms with Gasteiger partial charge in [0.05, 0.1) is 5.52 Å². The number of hydrogen-bond donors (Lipinski definition) is 0. The van der Waals surface area contributed by atoms with Gasteiger partial charge < -0.3 is 0 Å². The third-order valence-corrected chi connectivity index (χ3v) is 4.70. The summed E-state index contributed by atoms with van der Waals surface area (Å²) in [6, 6.07) is 29.9. The molecule has 0 atom stereocenters. The molecule has 5 aromatic rings. The van der Waals surface area contributed by atoms with Gasteiger partial charge in [0.2, 0.25) is 0 Å². The van der Waals surface area contributed by atoms with Crippen LogP contribution in [-0.4, -0.2) is 4.98 Å². The van der Waals surface area contributed by atoms with Gasteiger partial charge in [-0.2, -0.15) is 0 Å². The van der Waals surface area contributed by atoms with E-state index in [1.165, 1.54) is 38.1 Å². The highest BCUT2D eigenvalue weighted by atomic mass is 14.6. The molecule has 1 aromatic heterocycles. The molecular formula is C23H15N. The van der Waals surface area contributed by atoms with Crippen molar-refractivity contribution in [3.8, 4) is 11.1 Å². The summed E-state index contributed by atoms with van der Waals surface area (Å²) in [4.78, 5) is 4.68. The standard InChI is InChI=1S/C23H15N/c1-3-10-18-16(7-1)9-5-12-20(18)21-13-6-14-22-23(21)19-11-4-2-8-17(19)15-24-22/h1-15H. The monoisotopic (exact) mass is 305 g/mol. The van der Waals surface area contributed by atoms with Crippen molar-refractivity contribution in [1.29, 1.82) is 0 Å². The summed E-state index contributed by atoms with van der Waals surface area (Å²) in [5, 5.41) is 6.20. The minimum Gasteiger partial charge on any atom is -0.256 e. The first-order valence-electron chi connectivity index (χ1n) is 8.16. The second kappa shape index (κ2) is 5.17. The predicted molar refractivity (Wildman–Crippen MR) is 102 cm³/mol. The summed E-state index contributed by atoms with van der Waals surface area (Å²) in [6.45, 7) is 0. The van der Waals surface area contributed by atoms with Crippen molar-refractivity contribution in [2.75, 3.05) is 0 Å². The summed E-state index contributed by atoms with van der Waals surface area (Å²) in [7, 11) is 0. The first kappa shape index (κ1) is 13.3. The number of benzene rings is 4. The lowest BCUT2D eigenvalue weighted by molar-refractivity contribution is 1.44. The number of pyridine rings is 1. The topological polar surface area (TPSA) is 12.9 Å². The summed E-state index contributed by atoms with van der Waals surface area (Å²) < 4.78 is 0. The molecular weight excluding hydrogens is 290 g/mol. The van der Waals surface area contributed by atoms with Gasteiger partial charge in [0, 0.05) is 17.0 Å².